The quantitative estimate of drug-likeness (QED) is 0.565. The number of rotatable bonds is 1. The van der Waals surface area contributed by atoms with Crippen molar-refractivity contribution >= 4 is 13.2 Å². The standard InChI is InChI=1S/C6H8N2OP/c1-5-3-6(10(2)9)8-7-4-5/h3-4H,1-2H3/q+1. The van der Waals surface area contributed by atoms with E-state index in [-0.39, 0.29) is 0 Å². The monoisotopic (exact) mass is 155 g/mol. The number of aryl methyl sites for hydroxylation is 1. The molecule has 10 heavy (non-hydrogen) atoms. The van der Waals surface area contributed by atoms with Crippen LogP contribution in [0.5, 0.6) is 0 Å². The van der Waals surface area contributed by atoms with Crippen LogP contribution in [0.4, 0.5) is 0 Å². The van der Waals surface area contributed by atoms with Crippen molar-refractivity contribution in [3.8, 4) is 0 Å². The Labute approximate surface area is 60.3 Å². The molecular weight excluding hydrogens is 147 g/mol. The topological polar surface area (TPSA) is 42.9 Å². The van der Waals surface area contributed by atoms with E-state index in [4.69, 9.17) is 0 Å². The Morgan fingerprint density at radius 2 is 2.30 bits per heavy atom. The van der Waals surface area contributed by atoms with Crippen molar-refractivity contribution in [3.63, 3.8) is 0 Å². The summed E-state index contributed by atoms with van der Waals surface area (Å²) in [6, 6.07) is 1.78. The van der Waals surface area contributed by atoms with Gasteiger partial charge in [0.1, 0.15) is 6.66 Å². The molecule has 0 aliphatic rings. The van der Waals surface area contributed by atoms with E-state index in [0.29, 0.717) is 5.44 Å². The van der Waals surface area contributed by atoms with Crippen LogP contribution in [0.2, 0.25) is 0 Å². The van der Waals surface area contributed by atoms with Crippen molar-refractivity contribution in [1.29, 1.82) is 0 Å². The molecule has 0 saturated heterocycles. The van der Waals surface area contributed by atoms with Gasteiger partial charge in [-0.05, 0) is 12.5 Å². The van der Waals surface area contributed by atoms with Crippen LogP contribution in [0, 0.1) is 6.92 Å². The fraction of sp³-hybridized carbons (Fsp3) is 0.333. The van der Waals surface area contributed by atoms with E-state index >= 15 is 0 Å². The third-order valence-corrected chi connectivity index (χ3v) is 1.96. The lowest BCUT2D eigenvalue weighted by Gasteiger charge is -1.85. The molecule has 0 bridgehead atoms. The molecule has 1 rings (SSSR count). The van der Waals surface area contributed by atoms with Gasteiger partial charge in [-0.25, -0.2) is 0 Å². The van der Waals surface area contributed by atoms with Crippen LogP contribution in [0.15, 0.2) is 12.3 Å². The van der Waals surface area contributed by atoms with Crippen molar-refractivity contribution < 1.29 is 4.57 Å². The maximum absolute atomic E-state index is 10.8. The largest absolute Gasteiger partial charge is 0.395 e. The molecule has 1 unspecified atom stereocenters. The third-order valence-electron chi connectivity index (χ3n) is 1.10. The molecule has 1 heterocycles. The Balaban J connectivity index is 3.07. The van der Waals surface area contributed by atoms with Gasteiger partial charge in [-0.3, -0.25) is 0 Å². The smallest absolute Gasteiger partial charge is 0.154 e. The second kappa shape index (κ2) is 2.84. The molecule has 0 radical (unpaired) electrons. The van der Waals surface area contributed by atoms with Crippen molar-refractivity contribution in [1.82, 2.24) is 10.2 Å². The van der Waals surface area contributed by atoms with Gasteiger partial charge in [0.15, 0.2) is 0 Å². The normalized spacial score (nSPS) is 11.2. The molecule has 52 valence electrons. The highest BCUT2D eigenvalue weighted by Crippen LogP contribution is 2.10. The van der Waals surface area contributed by atoms with Crippen molar-refractivity contribution in [2.45, 2.75) is 6.92 Å². The summed E-state index contributed by atoms with van der Waals surface area (Å²) in [5.41, 5.74) is 1.57. The molecule has 0 N–H and O–H groups in total. The molecule has 0 fully saturated rings. The van der Waals surface area contributed by atoms with Crippen molar-refractivity contribution in [3.05, 3.63) is 17.8 Å². The second-order valence-corrected chi connectivity index (χ2v) is 3.54. The summed E-state index contributed by atoms with van der Waals surface area (Å²) in [5, 5.41) is 7.38. The van der Waals surface area contributed by atoms with E-state index in [2.05, 4.69) is 10.2 Å². The van der Waals surface area contributed by atoms with Crippen molar-refractivity contribution in [2.24, 2.45) is 0 Å². The average Bonchev–Trinajstić information content (AvgIpc) is 1.88. The highest BCUT2D eigenvalue weighted by Gasteiger charge is 2.13. The maximum Gasteiger partial charge on any atom is 0.395 e. The van der Waals surface area contributed by atoms with Crippen LogP contribution in [-0.2, 0) is 4.57 Å². The summed E-state index contributed by atoms with van der Waals surface area (Å²) in [6.07, 6.45) is 1.64. The fourth-order valence-electron chi connectivity index (χ4n) is 0.603. The lowest BCUT2D eigenvalue weighted by Crippen LogP contribution is -2.04. The van der Waals surface area contributed by atoms with Crippen LogP contribution in [0.3, 0.4) is 0 Å². The zero-order chi connectivity index (χ0) is 7.56. The third kappa shape index (κ3) is 1.58. The van der Waals surface area contributed by atoms with Crippen LogP contribution in [0.1, 0.15) is 5.56 Å². The van der Waals surface area contributed by atoms with Gasteiger partial charge in [-0.2, -0.15) is 5.10 Å². The summed E-state index contributed by atoms with van der Waals surface area (Å²) in [7, 11) is -1.34. The van der Waals surface area contributed by atoms with Crippen LogP contribution < -0.4 is 5.44 Å². The first-order valence-corrected chi connectivity index (χ1v) is 4.61. The van der Waals surface area contributed by atoms with E-state index in [1.54, 1.807) is 18.9 Å². The fourth-order valence-corrected chi connectivity index (χ4v) is 1.17. The minimum atomic E-state index is -1.34. The molecule has 0 aliphatic heterocycles. The van der Waals surface area contributed by atoms with Crippen molar-refractivity contribution in [2.75, 3.05) is 6.66 Å². The minimum Gasteiger partial charge on any atom is -0.154 e. The van der Waals surface area contributed by atoms with Gasteiger partial charge in [-0.1, -0.05) is 4.57 Å². The molecule has 1 atom stereocenters. The van der Waals surface area contributed by atoms with Gasteiger partial charge in [-0.15, -0.1) is 5.10 Å². The predicted octanol–water partition coefficient (Wildman–Crippen LogP) is 0.868. The molecule has 0 aliphatic carbocycles. The maximum atomic E-state index is 10.8. The van der Waals surface area contributed by atoms with Crippen LogP contribution >= 0.6 is 7.80 Å². The highest BCUT2D eigenvalue weighted by atomic mass is 31.1. The molecule has 0 spiro atoms. The van der Waals surface area contributed by atoms with Crippen LogP contribution in [0.25, 0.3) is 0 Å². The van der Waals surface area contributed by atoms with Gasteiger partial charge in [0.05, 0.1) is 6.20 Å². The lowest BCUT2D eigenvalue weighted by atomic mass is 10.4. The summed E-state index contributed by atoms with van der Waals surface area (Å²) in [5.74, 6) is 0. The van der Waals surface area contributed by atoms with E-state index in [1.807, 2.05) is 6.92 Å². The van der Waals surface area contributed by atoms with E-state index < -0.39 is 7.80 Å². The Hall–Kier alpha value is -0.820. The van der Waals surface area contributed by atoms with Gasteiger partial charge in [0.25, 0.3) is 5.44 Å². The molecular formula is C6H8N2OP+. The SMILES string of the molecule is Cc1cnnc([P+](C)=O)c1. The number of hydrogen-bond acceptors (Lipinski definition) is 3. The zero-order valence-electron chi connectivity index (χ0n) is 5.90. The van der Waals surface area contributed by atoms with Gasteiger partial charge < -0.3 is 0 Å². The van der Waals surface area contributed by atoms with Gasteiger partial charge in [0, 0.05) is 6.07 Å². The van der Waals surface area contributed by atoms with Crippen LogP contribution in [-0.4, -0.2) is 16.9 Å². The van der Waals surface area contributed by atoms with E-state index in [9.17, 15) is 4.57 Å². The molecule has 0 saturated carbocycles. The molecule has 1 aromatic rings. The first-order valence-electron chi connectivity index (χ1n) is 2.90. The number of nitrogens with zero attached hydrogens (tertiary/aromatic N) is 2. The minimum absolute atomic E-state index is 0.579. The van der Waals surface area contributed by atoms with Gasteiger partial charge >= 0.3 is 7.80 Å². The lowest BCUT2D eigenvalue weighted by molar-refractivity contribution is 0.595. The summed E-state index contributed by atoms with van der Waals surface area (Å²) >= 11 is 0. The van der Waals surface area contributed by atoms with Gasteiger partial charge in [0.2, 0.25) is 0 Å². The zero-order valence-corrected chi connectivity index (χ0v) is 6.80. The van der Waals surface area contributed by atoms with E-state index in [0.717, 1.165) is 5.56 Å². The number of aromatic nitrogens is 2. The predicted molar refractivity (Wildman–Crippen MR) is 39.9 cm³/mol. The first-order chi connectivity index (χ1) is 4.70. The Morgan fingerprint density at radius 3 is 2.70 bits per heavy atom. The molecule has 0 amide bonds. The Morgan fingerprint density at radius 1 is 1.60 bits per heavy atom. The Bertz CT molecular complexity index is 262. The molecule has 4 heteroatoms. The second-order valence-electron chi connectivity index (χ2n) is 2.09. The number of hydrogen-bond donors (Lipinski definition) is 0. The molecule has 3 nitrogen and oxygen atoms in total. The first kappa shape index (κ1) is 7.29. The summed E-state index contributed by atoms with van der Waals surface area (Å²) in [6.45, 7) is 3.52. The molecule has 0 aromatic carbocycles. The van der Waals surface area contributed by atoms with E-state index in [1.165, 1.54) is 0 Å². The Kier molecular flexibility index (Phi) is 2.07. The summed E-state index contributed by atoms with van der Waals surface area (Å²) < 4.78 is 10.8. The highest BCUT2D eigenvalue weighted by molar-refractivity contribution is 7.52. The summed E-state index contributed by atoms with van der Waals surface area (Å²) in [4.78, 5) is 0. The average molecular weight is 155 g/mol. The molecule has 1 aromatic heterocycles.